The van der Waals surface area contributed by atoms with E-state index in [1.165, 1.54) is 49.2 Å². The lowest BCUT2D eigenvalue weighted by Crippen LogP contribution is -2.31. The fourth-order valence-electron chi connectivity index (χ4n) is 3.29. The first kappa shape index (κ1) is 25.9. The average Bonchev–Trinajstić information content (AvgIpc) is 3.31. The Kier molecular flexibility index (Phi) is 10.4. The molecule has 33 heavy (non-hydrogen) atoms. The van der Waals surface area contributed by atoms with Crippen LogP contribution < -0.4 is 10.2 Å². The van der Waals surface area contributed by atoms with E-state index in [1.807, 2.05) is 26.2 Å². The SMILES string of the molecule is CC.CNc1scc(-c2cnc(N3CCCCC3)nc2C)c1C(=O)O.O=Cc1cnccn1. The molecule has 0 amide bonds. The van der Waals surface area contributed by atoms with Crippen LogP contribution >= 0.6 is 11.3 Å². The van der Waals surface area contributed by atoms with Gasteiger partial charge in [0.1, 0.15) is 16.3 Å². The number of aromatic carboxylic acids is 1. The zero-order chi connectivity index (χ0) is 24.2. The van der Waals surface area contributed by atoms with Crippen LogP contribution in [0.5, 0.6) is 0 Å². The summed E-state index contributed by atoms with van der Waals surface area (Å²) in [6, 6.07) is 0. The second kappa shape index (κ2) is 13.2. The number of carboxylic acid groups (broad SMARTS) is 1. The fourth-order valence-corrected chi connectivity index (χ4v) is 4.20. The second-order valence-corrected chi connectivity index (χ2v) is 7.75. The third-order valence-electron chi connectivity index (χ3n) is 4.83. The molecule has 0 radical (unpaired) electrons. The highest BCUT2D eigenvalue weighted by molar-refractivity contribution is 7.15. The Bertz CT molecular complexity index is 1040. The molecule has 0 atom stereocenters. The largest absolute Gasteiger partial charge is 0.478 e. The third-order valence-corrected chi connectivity index (χ3v) is 5.83. The predicted octanol–water partition coefficient (Wildman–Crippen LogP) is 4.56. The van der Waals surface area contributed by atoms with Crippen molar-refractivity contribution >= 4 is 34.5 Å². The smallest absolute Gasteiger partial charge is 0.339 e. The van der Waals surface area contributed by atoms with Gasteiger partial charge in [0.05, 0.1) is 11.9 Å². The van der Waals surface area contributed by atoms with E-state index in [1.54, 1.807) is 13.2 Å². The average molecular weight is 471 g/mol. The van der Waals surface area contributed by atoms with Crippen molar-refractivity contribution in [1.82, 2.24) is 19.9 Å². The summed E-state index contributed by atoms with van der Waals surface area (Å²) in [4.78, 5) is 40.1. The van der Waals surface area contributed by atoms with Crippen molar-refractivity contribution in [2.75, 3.05) is 30.4 Å². The van der Waals surface area contributed by atoms with Crippen molar-refractivity contribution < 1.29 is 14.7 Å². The first-order valence-corrected chi connectivity index (χ1v) is 11.8. The van der Waals surface area contributed by atoms with E-state index in [9.17, 15) is 14.7 Å². The van der Waals surface area contributed by atoms with Gasteiger partial charge in [0, 0.05) is 55.2 Å². The van der Waals surface area contributed by atoms with Crippen molar-refractivity contribution in [3.8, 4) is 11.1 Å². The van der Waals surface area contributed by atoms with Gasteiger partial charge in [-0.2, -0.15) is 0 Å². The van der Waals surface area contributed by atoms with Crippen LogP contribution in [0.25, 0.3) is 11.1 Å². The second-order valence-electron chi connectivity index (χ2n) is 6.87. The van der Waals surface area contributed by atoms with E-state index in [0.29, 0.717) is 22.5 Å². The Hall–Kier alpha value is -3.40. The molecule has 176 valence electrons. The first-order valence-electron chi connectivity index (χ1n) is 10.9. The molecular weight excluding hydrogens is 440 g/mol. The number of aromatic nitrogens is 4. The van der Waals surface area contributed by atoms with Crippen LogP contribution in [-0.2, 0) is 0 Å². The van der Waals surface area contributed by atoms with Crippen LogP contribution in [0.1, 0.15) is 59.7 Å². The highest BCUT2D eigenvalue weighted by Gasteiger charge is 2.22. The minimum Gasteiger partial charge on any atom is -0.478 e. The zero-order valence-corrected chi connectivity index (χ0v) is 20.2. The molecule has 0 bridgehead atoms. The quantitative estimate of drug-likeness (QED) is 0.517. The number of carbonyl (C=O) groups is 2. The van der Waals surface area contributed by atoms with Crippen molar-refractivity contribution in [3.63, 3.8) is 0 Å². The summed E-state index contributed by atoms with van der Waals surface area (Å²) in [6.07, 6.45) is 10.4. The zero-order valence-electron chi connectivity index (χ0n) is 19.4. The lowest BCUT2D eigenvalue weighted by molar-refractivity contribution is 0.0699. The molecule has 0 saturated carbocycles. The molecule has 1 aliphatic heterocycles. The Labute approximate surface area is 198 Å². The predicted molar refractivity (Wildman–Crippen MR) is 131 cm³/mol. The molecule has 4 rings (SSSR count). The summed E-state index contributed by atoms with van der Waals surface area (Å²) >= 11 is 1.38. The number of nitrogens with one attached hydrogen (secondary N) is 1. The molecule has 1 aliphatic rings. The van der Waals surface area contributed by atoms with Crippen LogP contribution in [-0.4, -0.2) is 57.4 Å². The highest BCUT2D eigenvalue weighted by Crippen LogP contribution is 2.36. The third kappa shape index (κ3) is 6.79. The number of piperidine rings is 1. The monoisotopic (exact) mass is 470 g/mol. The van der Waals surface area contributed by atoms with Gasteiger partial charge < -0.3 is 15.3 Å². The number of carboxylic acids is 1. The van der Waals surface area contributed by atoms with E-state index < -0.39 is 5.97 Å². The van der Waals surface area contributed by atoms with E-state index in [2.05, 4.69) is 30.2 Å². The van der Waals surface area contributed by atoms with Gasteiger partial charge >= 0.3 is 5.97 Å². The maximum absolute atomic E-state index is 11.6. The molecule has 1 fully saturated rings. The Balaban J connectivity index is 0.000000323. The van der Waals surface area contributed by atoms with Gasteiger partial charge in [-0.15, -0.1) is 11.3 Å². The van der Waals surface area contributed by atoms with Crippen molar-refractivity contribution in [2.24, 2.45) is 0 Å². The number of aldehydes is 1. The maximum Gasteiger partial charge on any atom is 0.339 e. The Morgan fingerprint density at radius 1 is 1.12 bits per heavy atom. The lowest BCUT2D eigenvalue weighted by Gasteiger charge is -2.26. The van der Waals surface area contributed by atoms with Gasteiger partial charge in [-0.05, 0) is 26.2 Å². The summed E-state index contributed by atoms with van der Waals surface area (Å²) in [5.41, 5.74) is 2.92. The highest BCUT2D eigenvalue weighted by atomic mass is 32.1. The molecule has 10 heteroatoms. The molecular formula is C23H30N6O3S. The number of aryl methyl sites for hydroxylation is 1. The number of hydrogen-bond donors (Lipinski definition) is 2. The number of hydrogen-bond acceptors (Lipinski definition) is 9. The molecule has 0 spiro atoms. The number of thiophene rings is 1. The van der Waals surface area contributed by atoms with Crippen molar-refractivity contribution in [2.45, 2.75) is 40.0 Å². The van der Waals surface area contributed by atoms with Crippen LogP contribution in [0.3, 0.4) is 0 Å². The number of rotatable bonds is 5. The number of nitrogens with zero attached hydrogens (tertiary/aromatic N) is 5. The molecule has 3 aromatic rings. The van der Waals surface area contributed by atoms with E-state index in [-0.39, 0.29) is 5.56 Å². The summed E-state index contributed by atoms with van der Waals surface area (Å²) in [6.45, 7) is 7.88. The van der Waals surface area contributed by atoms with Crippen LogP contribution in [0.4, 0.5) is 10.9 Å². The molecule has 4 heterocycles. The minimum absolute atomic E-state index is 0.287. The van der Waals surface area contributed by atoms with Crippen molar-refractivity contribution in [1.29, 1.82) is 0 Å². The normalized spacial score (nSPS) is 12.5. The Morgan fingerprint density at radius 3 is 2.36 bits per heavy atom. The van der Waals surface area contributed by atoms with E-state index in [0.717, 1.165) is 30.3 Å². The number of carbonyl (C=O) groups excluding carboxylic acids is 1. The first-order chi connectivity index (χ1) is 16.0. The van der Waals surface area contributed by atoms with Gasteiger partial charge in [0.25, 0.3) is 0 Å². The minimum atomic E-state index is -0.940. The van der Waals surface area contributed by atoms with E-state index in [4.69, 9.17) is 0 Å². The molecule has 2 N–H and O–H groups in total. The van der Waals surface area contributed by atoms with Gasteiger partial charge in [0.15, 0.2) is 6.29 Å². The molecule has 0 aliphatic carbocycles. The van der Waals surface area contributed by atoms with Crippen LogP contribution in [0.2, 0.25) is 0 Å². The van der Waals surface area contributed by atoms with Gasteiger partial charge in [-0.3, -0.25) is 14.8 Å². The number of anilines is 2. The van der Waals surface area contributed by atoms with Crippen LogP contribution in [0.15, 0.2) is 30.2 Å². The summed E-state index contributed by atoms with van der Waals surface area (Å²) < 4.78 is 0. The topological polar surface area (TPSA) is 121 Å². The van der Waals surface area contributed by atoms with Crippen LogP contribution in [0, 0.1) is 6.92 Å². The maximum atomic E-state index is 11.6. The summed E-state index contributed by atoms with van der Waals surface area (Å²) in [5.74, 6) is -0.197. The Morgan fingerprint density at radius 2 is 1.85 bits per heavy atom. The molecule has 0 unspecified atom stereocenters. The van der Waals surface area contributed by atoms with Crippen molar-refractivity contribution in [3.05, 3.63) is 47.1 Å². The van der Waals surface area contributed by atoms with Gasteiger partial charge in [0.2, 0.25) is 5.95 Å². The summed E-state index contributed by atoms with van der Waals surface area (Å²) in [5, 5.41) is 14.9. The molecule has 0 aromatic carbocycles. The van der Waals surface area contributed by atoms with E-state index >= 15 is 0 Å². The van der Waals surface area contributed by atoms with Gasteiger partial charge in [-0.1, -0.05) is 13.8 Å². The molecule has 9 nitrogen and oxygen atoms in total. The summed E-state index contributed by atoms with van der Waals surface area (Å²) in [7, 11) is 1.73. The standard InChI is InChI=1S/C16H20N4O2S.C5H4N2O.C2H6/c1-10-11(12-9-23-14(17-2)13(12)15(21)22)8-18-16(19-10)20-6-4-3-5-7-20;8-4-5-3-6-1-2-7-5;1-2/h8-9,17H,3-7H2,1-2H3,(H,21,22);1-4H;1-2H3. The molecule has 1 saturated heterocycles. The molecule has 3 aromatic heterocycles. The lowest BCUT2D eigenvalue weighted by atomic mass is 10.0. The fraction of sp³-hybridized carbons (Fsp3) is 0.391. The van der Waals surface area contributed by atoms with Gasteiger partial charge in [-0.25, -0.2) is 14.8 Å².